The van der Waals surface area contributed by atoms with E-state index in [1.807, 2.05) is 0 Å². The Balaban J connectivity index is 2.01. The normalized spacial score (nSPS) is 13.4. The first-order valence-electron chi connectivity index (χ1n) is 7.88. The Morgan fingerprint density at radius 2 is 1.09 bits per heavy atom. The Labute approximate surface area is 134 Å². The molecule has 1 aliphatic carbocycles. The lowest BCUT2D eigenvalue weighted by molar-refractivity contribution is 0.650. The number of rotatable bonds is 1. The second-order valence-electron chi connectivity index (χ2n) is 6.10. The van der Waals surface area contributed by atoms with Crippen LogP contribution in [0, 0.1) is 0 Å². The molecule has 1 aliphatic rings. The molecule has 4 aromatic carbocycles. The van der Waals surface area contributed by atoms with Crippen LogP contribution in [0.25, 0.3) is 32.7 Å². The number of hydrazine groups is 1. The molecule has 0 saturated carbocycles. The molecule has 3 N–H and O–H groups in total. The van der Waals surface area contributed by atoms with Crippen molar-refractivity contribution >= 4 is 21.5 Å². The highest BCUT2D eigenvalue weighted by molar-refractivity contribution is 6.10. The minimum atomic E-state index is 0.0502. The van der Waals surface area contributed by atoms with Gasteiger partial charge < -0.3 is 0 Å². The van der Waals surface area contributed by atoms with Crippen LogP contribution in [-0.2, 0) is 0 Å². The van der Waals surface area contributed by atoms with Gasteiger partial charge in [0.25, 0.3) is 0 Å². The van der Waals surface area contributed by atoms with Gasteiger partial charge in [0.2, 0.25) is 0 Å². The van der Waals surface area contributed by atoms with Crippen molar-refractivity contribution in [3.8, 4) is 11.1 Å². The maximum atomic E-state index is 5.90. The molecule has 0 aromatic heterocycles. The highest BCUT2D eigenvalue weighted by atomic mass is 15.2. The van der Waals surface area contributed by atoms with Crippen LogP contribution >= 0.6 is 0 Å². The second kappa shape index (κ2) is 4.66. The predicted molar refractivity (Wildman–Crippen MR) is 96.1 cm³/mol. The van der Waals surface area contributed by atoms with Crippen molar-refractivity contribution in [3.63, 3.8) is 0 Å². The van der Waals surface area contributed by atoms with Crippen LogP contribution < -0.4 is 11.3 Å². The van der Waals surface area contributed by atoms with E-state index in [4.69, 9.17) is 5.84 Å². The topological polar surface area (TPSA) is 38.0 Å². The Kier molecular flexibility index (Phi) is 2.60. The van der Waals surface area contributed by atoms with Crippen LogP contribution in [0.15, 0.2) is 72.8 Å². The average molecular weight is 296 g/mol. The van der Waals surface area contributed by atoms with Crippen LogP contribution in [0.3, 0.4) is 0 Å². The monoisotopic (exact) mass is 296 g/mol. The van der Waals surface area contributed by atoms with Gasteiger partial charge in [-0.3, -0.25) is 5.84 Å². The van der Waals surface area contributed by atoms with Gasteiger partial charge in [-0.25, -0.2) is 5.43 Å². The fraction of sp³-hybridized carbons (Fsp3) is 0.0476. The third kappa shape index (κ3) is 1.65. The molecular formula is C21H16N2. The zero-order chi connectivity index (χ0) is 15.4. The molecule has 0 aliphatic heterocycles. The minimum Gasteiger partial charge on any atom is -0.271 e. The minimum absolute atomic E-state index is 0.0502. The number of nitrogens with one attached hydrogen (secondary N) is 1. The third-order valence-corrected chi connectivity index (χ3v) is 4.96. The van der Waals surface area contributed by atoms with Gasteiger partial charge in [0.15, 0.2) is 0 Å². The number of hydrogen-bond acceptors (Lipinski definition) is 2. The van der Waals surface area contributed by atoms with Gasteiger partial charge in [-0.2, -0.15) is 0 Å². The van der Waals surface area contributed by atoms with Crippen LogP contribution in [-0.4, -0.2) is 0 Å². The lowest BCUT2D eigenvalue weighted by Crippen LogP contribution is -2.27. The summed E-state index contributed by atoms with van der Waals surface area (Å²) in [6.45, 7) is 0. The smallest absolute Gasteiger partial charge is 0.0722 e. The zero-order valence-corrected chi connectivity index (χ0v) is 12.6. The summed E-state index contributed by atoms with van der Waals surface area (Å²) in [6, 6.07) is 26.0. The molecule has 0 fully saturated rings. The molecule has 0 amide bonds. The molecule has 110 valence electrons. The first kappa shape index (κ1) is 12.8. The van der Waals surface area contributed by atoms with Gasteiger partial charge in [-0.15, -0.1) is 0 Å². The molecule has 4 aromatic rings. The van der Waals surface area contributed by atoms with E-state index >= 15 is 0 Å². The summed E-state index contributed by atoms with van der Waals surface area (Å²) >= 11 is 0. The standard InChI is InChI=1S/C21H16N2/c22-23-21-17-11-9-13-5-1-3-7-15(13)19(17)20-16-8-4-2-6-14(16)10-12-18(20)21/h1-12,21,23H,22H2. The first-order chi connectivity index (χ1) is 11.4. The second-order valence-corrected chi connectivity index (χ2v) is 6.10. The molecule has 0 radical (unpaired) electrons. The average Bonchev–Trinajstić information content (AvgIpc) is 2.96. The SMILES string of the molecule is NNC1c2ccc3ccccc3c2-c2c1ccc1ccccc21. The molecule has 23 heavy (non-hydrogen) atoms. The Hall–Kier alpha value is -2.68. The van der Waals surface area contributed by atoms with E-state index < -0.39 is 0 Å². The Morgan fingerprint density at radius 3 is 1.57 bits per heavy atom. The van der Waals surface area contributed by atoms with Crippen molar-refractivity contribution < 1.29 is 0 Å². The maximum absolute atomic E-state index is 5.90. The summed E-state index contributed by atoms with van der Waals surface area (Å²) in [5.41, 5.74) is 8.16. The number of benzene rings is 4. The molecule has 0 bridgehead atoms. The van der Waals surface area contributed by atoms with Crippen molar-refractivity contribution in [2.24, 2.45) is 5.84 Å². The fourth-order valence-electron chi connectivity index (χ4n) is 3.96. The summed E-state index contributed by atoms with van der Waals surface area (Å²) in [6.07, 6.45) is 0. The Morgan fingerprint density at radius 1 is 0.609 bits per heavy atom. The molecule has 0 spiro atoms. The molecule has 0 saturated heterocycles. The van der Waals surface area contributed by atoms with Crippen LogP contribution in [0.4, 0.5) is 0 Å². The van der Waals surface area contributed by atoms with Crippen molar-refractivity contribution in [2.45, 2.75) is 6.04 Å². The van der Waals surface area contributed by atoms with Crippen molar-refractivity contribution in [2.75, 3.05) is 0 Å². The number of nitrogens with two attached hydrogens (primary N) is 1. The van der Waals surface area contributed by atoms with Gasteiger partial charge in [-0.05, 0) is 43.8 Å². The number of fused-ring (bicyclic) bond motifs is 7. The van der Waals surface area contributed by atoms with Crippen LogP contribution in [0.2, 0.25) is 0 Å². The molecule has 0 unspecified atom stereocenters. The molecule has 5 rings (SSSR count). The highest BCUT2D eigenvalue weighted by Crippen LogP contribution is 2.49. The molecule has 2 nitrogen and oxygen atoms in total. The molecular weight excluding hydrogens is 280 g/mol. The molecule has 0 heterocycles. The Bertz CT molecular complexity index is 981. The van der Waals surface area contributed by atoms with E-state index in [-0.39, 0.29) is 6.04 Å². The van der Waals surface area contributed by atoms with Crippen LogP contribution in [0.1, 0.15) is 17.2 Å². The highest BCUT2D eigenvalue weighted by Gasteiger charge is 2.30. The summed E-state index contributed by atoms with van der Waals surface area (Å²) in [5, 5.41) is 5.12. The fourth-order valence-corrected chi connectivity index (χ4v) is 3.96. The zero-order valence-electron chi connectivity index (χ0n) is 12.6. The van der Waals surface area contributed by atoms with Crippen LogP contribution in [0.5, 0.6) is 0 Å². The lowest BCUT2D eigenvalue weighted by atomic mass is 9.94. The van der Waals surface area contributed by atoms with Gasteiger partial charge in [-0.1, -0.05) is 72.8 Å². The van der Waals surface area contributed by atoms with Crippen molar-refractivity contribution in [1.29, 1.82) is 0 Å². The van der Waals surface area contributed by atoms with Gasteiger partial charge in [0.05, 0.1) is 6.04 Å². The van der Waals surface area contributed by atoms with Crippen molar-refractivity contribution in [1.82, 2.24) is 5.43 Å². The van der Waals surface area contributed by atoms with E-state index in [9.17, 15) is 0 Å². The summed E-state index contributed by atoms with van der Waals surface area (Å²) in [5.74, 6) is 5.90. The van der Waals surface area contributed by atoms with E-state index in [1.54, 1.807) is 0 Å². The van der Waals surface area contributed by atoms with E-state index in [0.29, 0.717) is 0 Å². The quantitative estimate of drug-likeness (QED) is 0.400. The summed E-state index contributed by atoms with van der Waals surface area (Å²) < 4.78 is 0. The molecule has 2 heteroatoms. The van der Waals surface area contributed by atoms with Gasteiger partial charge in [0.1, 0.15) is 0 Å². The first-order valence-corrected chi connectivity index (χ1v) is 7.88. The maximum Gasteiger partial charge on any atom is 0.0722 e. The lowest BCUT2D eigenvalue weighted by Gasteiger charge is -2.12. The largest absolute Gasteiger partial charge is 0.271 e. The van der Waals surface area contributed by atoms with E-state index in [2.05, 4.69) is 78.2 Å². The van der Waals surface area contributed by atoms with E-state index in [0.717, 1.165) is 0 Å². The van der Waals surface area contributed by atoms with E-state index in [1.165, 1.54) is 43.8 Å². The van der Waals surface area contributed by atoms with Gasteiger partial charge in [0, 0.05) is 0 Å². The third-order valence-electron chi connectivity index (χ3n) is 4.96. The predicted octanol–water partition coefficient (Wildman–Crippen LogP) is 4.53. The summed E-state index contributed by atoms with van der Waals surface area (Å²) in [7, 11) is 0. The van der Waals surface area contributed by atoms with Gasteiger partial charge >= 0.3 is 0 Å². The number of hydrogen-bond donors (Lipinski definition) is 2. The molecule has 0 atom stereocenters. The summed E-state index contributed by atoms with van der Waals surface area (Å²) in [4.78, 5) is 0. The van der Waals surface area contributed by atoms with Crippen molar-refractivity contribution in [3.05, 3.63) is 83.9 Å².